The second kappa shape index (κ2) is 9.23. The van der Waals surface area contributed by atoms with Crippen LogP contribution in [-0.4, -0.2) is 19.0 Å². The number of nitrogens with two attached hydrogens (primary N) is 1. The number of hydrogen-bond donors (Lipinski definition) is 2. The van der Waals surface area contributed by atoms with E-state index in [1.165, 1.54) is 11.1 Å². The van der Waals surface area contributed by atoms with Gasteiger partial charge in [0.2, 0.25) is 5.91 Å². The molecule has 1 atom stereocenters. The van der Waals surface area contributed by atoms with Gasteiger partial charge in [-0.05, 0) is 30.0 Å². The van der Waals surface area contributed by atoms with Crippen LogP contribution in [0.4, 0.5) is 0 Å². The maximum Gasteiger partial charge on any atom is 0.228 e. The van der Waals surface area contributed by atoms with Crippen LogP contribution in [0.15, 0.2) is 54.6 Å². The topological polar surface area (TPSA) is 55.1 Å². The van der Waals surface area contributed by atoms with Crippen molar-refractivity contribution in [3.63, 3.8) is 0 Å². The Bertz CT molecular complexity index is 587. The van der Waals surface area contributed by atoms with Gasteiger partial charge in [-0.1, -0.05) is 54.6 Å². The van der Waals surface area contributed by atoms with Crippen LogP contribution in [0.25, 0.3) is 0 Å². The molecule has 2 aromatic carbocycles. The van der Waals surface area contributed by atoms with Gasteiger partial charge in [0.05, 0.1) is 5.92 Å². The average molecular weight is 319 g/mol. The number of rotatable bonds is 6. The zero-order valence-corrected chi connectivity index (χ0v) is 13.6. The van der Waals surface area contributed by atoms with Gasteiger partial charge >= 0.3 is 0 Å². The van der Waals surface area contributed by atoms with Crippen LogP contribution >= 0.6 is 12.4 Å². The van der Waals surface area contributed by atoms with Crippen molar-refractivity contribution < 1.29 is 4.79 Å². The van der Waals surface area contributed by atoms with E-state index in [1.54, 1.807) is 0 Å². The number of carbonyl (C=O) groups excluding carboxylic acids is 1. The molecule has 0 saturated carbocycles. The fourth-order valence-electron chi connectivity index (χ4n) is 2.41. The van der Waals surface area contributed by atoms with Crippen molar-refractivity contribution in [2.45, 2.75) is 19.3 Å². The van der Waals surface area contributed by atoms with Crippen molar-refractivity contribution in [2.75, 3.05) is 13.1 Å². The maximum absolute atomic E-state index is 12.3. The van der Waals surface area contributed by atoms with Crippen LogP contribution in [0.3, 0.4) is 0 Å². The Hall–Kier alpha value is -1.84. The normalized spacial score (nSPS) is 11.4. The summed E-state index contributed by atoms with van der Waals surface area (Å²) in [4.78, 5) is 12.3. The van der Waals surface area contributed by atoms with E-state index >= 15 is 0 Å². The summed E-state index contributed by atoms with van der Waals surface area (Å²) in [7, 11) is 0. The molecule has 22 heavy (non-hydrogen) atoms. The highest BCUT2D eigenvalue weighted by atomic mass is 35.5. The first kappa shape index (κ1) is 18.2. The van der Waals surface area contributed by atoms with E-state index in [2.05, 4.69) is 24.4 Å². The molecule has 0 bridgehead atoms. The smallest absolute Gasteiger partial charge is 0.228 e. The van der Waals surface area contributed by atoms with E-state index in [-0.39, 0.29) is 24.2 Å². The quantitative estimate of drug-likeness (QED) is 0.860. The first-order valence-corrected chi connectivity index (χ1v) is 7.29. The van der Waals surface area contributed by atoms with Crippen molar-refractivity contribution in [1.82, 2.24) is 5.32 Å². The Morgan fingerprint density at radius 1 is 1.09 bits per heavy atom. The maximum atomic E-state index is 12.3. The van der Waals surface area contributed by atoms with E-state index < -0.39 is 0 Å². The van der Waals surface area contributed by atoms with Gasteiger partial charge in [0.1, 0.15) is 0 Å². The SMILES string of the molecule is Cc1ccccc1CCNC(=O)C(CN)c1ccccc1.Cl. The predicted octanol–water partition coefficient (Wildman–Crippen LogP) is 2.82. The Morgan fingerprint density at radius 2 is 1.73 bits per heavy atom. The monoisotopic (exact) mass is 318 g/mol. The zero-order valence-electron chi connectivity index (χ0n) is 12.8. The highest BCUT2D eigenvalue weighted by Crippen LogP contribution is 2.14. The summed E-state index contributed by atoms with van der Waals surface area (Å²) in [6, 6.07) is 17.9. The third kappa shape index (κ3) is 4.86. The number of benzene rings is 2. The number of carbonyl (C=O) groups is 1. The molecule has 2 rings (SSSR count). The van der Waals surface area contributed by atoms with Crippen molar-refractivity contribution in [3.05, 3.63) is 71.3 Å². The molecule has 1 amide bonds. The highest BCUT2D eigenvalue weighted by Gasteiger charge is 2.18. The molecule has 0 aliphatic rings. The second-order valence-electron chi connectivity index (χ2n) is 5.17. The molecular formula is C18H23ClN2O. The van der Waals surface area contributed by atoms with Gasteiger partial charge in [-0.25, -0.2) is 0 Å². The number of aryl methyl sites for hydroxylation is 1. The van der Waals surface area contributed by atoms with Crippen molar-refractivity contribution in [2.24, 2.45) is 5.73 Å². The zero-order chi connectivity index (χ0) is 15.1. The fourth-order valence-corrected chi connectivity index (χ4v) is 2.41. The molecule has 0 heterocycles. The first-order valence-electron chi connectivity index (χ1n) is 7.29. The average Bonchev–Trinajstić information content (AvgIpc) is 2.51. The molecule has 0 aliphatic heterocycles. The lowest BCUT2D eigenvalue weighted by atomic mass is 9.98. The standard InChI is InChI=1S/C18H22N2O.ClH/c1-14-7-5-6-8-15(14)11-12-20-18(21)17(13-19)16-9-3-2-4-10-16;/h2-10,17H,11-13,19H2,1H3,(H,20,21);1H. The van der Waals surface area contributed by atoms with E-state index in [1.807, 2.05) is 42.5 Å². The molecule has 118 valence electrons. The van der Waals surface area contributed by atoms with Gasteiger partial charge in [-0.3, -0.25) is 4.79 Å². The molecule has 0 spiro atoms. The van der Waals surface area contributed by atoms with E-state index in [0.717, 1.165) is 12.0 Å². The van der Waals surface area contributed by atoms with Gasteiger partial charge in [0.15, 0.2) is 0 Å². The lowest BCUT2D eigenvalue weighted by Gasteiger charge is -2.15. The minimum atomic E-state index is -0.275. The molecule has 0 aromatic heterocycles. The van der Waals surface area contributed by atoms with Gasteiger partial charge in [-0.2, -0.15) is 0 Å². The van der Waals surface area contributed by atoms with Crippen molar-refractivity contribution in [3.8, 4) is 0 Å². The number of amides is 1. The third-order valence-corrected chi connectivity index (χ3v) is 3.71. The van der Waals surface area contributed by atoms with E-state index in [9.17, 15) is 4.79 Å². The Labute approximate surface area is 138 Å². The molecule has 3 nitrogen and oxygen atoms in total. The summed E-state index contributed by atoms with van der Waals surface area (Å²) in [6.07, 6.45) is 0.838. The minimum absolute atomic E-state index is 0. The van der Waals surface area contributed by atoms with E-state index in [4.69, 9.17) is 5.73 Å². The van der Waals surface area contributed by atoms with Gasteiger partial charge in [0.25, 0.3) is 0 Å². The van der Waals surface area contributed by atoms with Gasteiger partial charge in [-0.15, -0.1) is 12.4 Å². The highest BCUT2D eigenvalue weighted by molar-refractivity contribution is 5.85. The predicted molar refractivity (Wildman–Crippen MR) is 93.4 cm³/mol. The minimum Gasteiger partial charge on any atom is -0.355 e. The fraction of sp³-hybridized carbons (Fsp3) is 0.278. The Kier molecular flexibility index (Phi) is 7.64. The molecule has 3 N–H and O–H groups in total. The Morgan fingerprint density at radius 3 is 2.36 bits per heavy atom. The van der Waals surface area contributed by atoms with Gasteiger partial charge in [0, 0.05) is 13.1 Å². The van der Waals surface area contributed by atoms with Crippen LogP contribution in [0.5, 0.6) is 0 Å². The largest absolute Gasteiger partial charge is 0.355 e. The number of nitrogens with one attached hydrogen (secondary N) is 1. The summed E-state index contributed by atoms with van der Waals surface area (Å²) in [5.41, 5.74) is 9.24. The molecule has 0 radical (unpaired) electrons. The lowest BCUT2D eigenvalue weighted by molar-refractivity contribution is -0.122. The summed E-state index contributed by atoms with van der Waals surface area (Å²) < 4.78 is 0. The molecule has 4 heteroatoms. The lowest BCUT2D eigenvalue weighted by Crippen LogP contribution is -2.34. The van der Waals surface area contributed by atoms with Crippen LogP contribution in [0, 0.1) is 6.92 Å². The molecule has 0 saturated heterocycles. The van der Waals surface area contributed by atoms with Gasteiger partial charge < -0.3 is 11.1 Å². The Balaban J connectivity index is 0.00000242. The van der Waals surface area contributed by atoms with Crippen LogP contribution < -0.4 is 11.1 Å². The van der Waals surface area contributed by atoms with Crippen molar-refractivity contribution in [1.29, 1.82) is 0 Å². The van der Waals surface area contributed by atoms with Crippen LogP contribution in [-0.2, 0) is 11.2 Å². The summed E-state index contributed by atoms with van der Waals surface area (Å²) >= 11 is 0. The van der Waals surface area contributed by atoms with Crippen molar-refractivity contribution >= 4 is 18.3 Å². The molecule has 0 aliphatic carbocycles. The molecular weight excluding hydrogens is 296 g/mol. The van der Waals surface area contributed by atoms with E-state index in [0.29, 0.717) is 13.1 Å². The molecule has 1 unspecified atom stereocenters. The summed E-state index contributed by atoms with van der Waals surface area (Å²) in [6.45, 7) is 3.04. The summed E-state index contributed by atoms with van der Waals surface area (Å²) in [5, 5.41) is 2.99. The molecule has 2 aromatic rings. The third-order valence-electron chi connectivity index (χ3n) is 3.71. The number of hydrogen-bond acceptors (Lipinski definition) is 2. The summed E-state index contributed by atoms with van der Waals surface area (Å²) in [5.74, 6) is -0.277. The van der Waals surface area contributed by atoms with Crippen LogP contribution in [0.2, 0.25) is 0 Å². The van der Waals surface area contributed by atoms with Crippen LogP contribution in [0.1, 0.15) is 22.6 Å². The number of halogens is 1. The second-order valence-corrected chi connectivity index (χ2v) is 5.17. The molecule has 0 fully saturated rings. The first-order chi connectivity index (χ1) is 10.2.